The molecule has 0 saturated heterocycles. The van der Waals surface area contributed by atoms with E-state index in [1.807, 2.05) is 42.5 Å². The molecule has 0 bridgehead atoms. The summed E-state index contributed by atoms with van der Waals surface area (Å²) in [7, 11) is 0. The van der Waals surface area contributed by atoms with E-state index < -0.39 is 18.2 Å². The van der Waals surface area contributed by atoms with Crippen molar-refractivity contribution in [3.8, 4) is 11.5 Å². The molecule has 214 valence electrons. The van der Waals surface area contributed by atoms with Gasteiger partial charge in [-0.1, -0.05) is 42.3 Å². The topological polar surface area (TPSA) is 104 Å². The summed E-state index contributed by atoms with van der Waals surface area (Å²) in [6.45, 7) is 2.70. The molecule has 8 nitrogen and oxygen atoms in total. The third-order valence-corrected chi connectivity index (χ3v) is 7.60. The highest BCUT2D eigenvalue weighted by Gasteiger charge is 2.35. The Morgan fingerprint density at radius 2 is 1.76 bits per heavy atom. The molecule has 0 spiro atoms. The molecule has 1 aliphatic rings. The normalized spacial score (nSPS) is 15.3. The third kappa shape index (κ3) is 6.78. The van der Waals surface area contributed by atoms with Crippen LogP contribution >= 0.6 is 23.2 Å². The predicted octanol–water partition coefficient (Wildman–Crippen LogP) is 6.28. The Morgan fingerprint density at radius 3 is 2.49 bits per heavy atom. The lowest BCUT2D eigenvalue weighted by atomic mass is 9.92. The van der Waals surface area contributed by atoms with Crippen molar-refractivity contribution in [2.24, 2.45) is 0 Å². The largest absolute Gasteiger partial charge is 0.493 e. The number of benzene rings is 3. The summed E-state index contributed by atoms with van der Waals surface area (Å²) in [6.07, 6.45) is 0.231. The van der Waals surface area contributed by atoms with E-state index in [9.17, 15) is 14.7 Å². The molecule has 1 unspecified atom stereocenters. The van der Waals surface area contributed by atoms with Gasteiger partial charge in [-0.15, -0.1) is 0 Å². The monoisotopic (exact) mass is 595 g/mol. The number of aromatic nitrogens is 1. The van der Waals surface area contributed by atoms with Crippen LogP contribution in [0.2, 0.25) is 10.0 Å². The minimum atomic E-state index is -0.693. The van der Waals surface area contributed by atoms with Crippen molar-refractivity contribution in [1.82, 2.24) is 15.2 Å². The van der Waals surface area contributed by atoms with Crippen molar-refractivity contribution >= 4 is 46.1 Å². The summed E-state index contributed by atoms with van der Waals surface area (Å²) in [5.41, 5.74) is 3.86. The highest BCUT2D eigenvalue weighted by Crippen LogP contribution is 2.40. The second-order valence-electron chi connectivity index (χ2n) is 9.89. The van der Waals surface area contributed by atoms with Gasteiger partial charge in [-0.2, -0.15) is 0 Å². The number of carbonyl (C=O) groups excluding carboxylic acids is 2. The molecule has 0 aliphatic carbocycles. The molecule has 1 aliphatic heterocycles. The van der Waals surface area contributed by atoms with Crippen LogP contribution in [0.4, 0.5) is 4.79 Å². The number of amides is 2. The number of H-pyrrole nitrogens is 1. The molecule has 0 fully saturated rings. The maximum Gasteiger partial charge on any atom is 0.416 e. The van der Waals surface area contributed by atoms with Crippen LogP contribution in [-0.2, 0) is 11.2 Å². The first-order valence-electron chi connectivity index (χ1n) is 13.5. The quantitative estimate of drug-likeness (QED) is 0.211. The van der Waals surface area contributed by atoms with Crippen LogP contribution in [0.3, 0.4) is 0 Å². The van der Waals surface area contributed by atoms with Gasteiger partial charge in [0.25, 0.3) is 0 Å². The van der Waals surface area contributed by atoms with Crippen LogP contribution in [0, 0.1) is 0 Å². The van der Waals surface area contributed by atoms with Gasteiger partial charge in [0.15, 0.2) is 0 Å². The van der Waals surface area contributed by atoms with E-state index in [1.54, 1.807) is 36.1 Å². The summed E-state index contributed by atoms with van der Waals surface area (Å²) in [5.74, 6) is 0.941. The third-order valence-electron chi connectivity index (χ3n) is 7.11. The smallest absolute Gasteiger partial charge is 0.416 e. The van der Waals surface area contributed by atoms with E-state index in [4.69, 9.17) is 32.7 Å². The van der Waals surface area contributed by atoms with Gasteiger partial charge in [0.05, 0.1) is 12.7 Å². The van der Waals surface area contributed by atoms with Gasteiger partial charge < -0.3 is 24.9 Å². The number of hydrogen-bond donors (Lipinski definition) is 3. The lowest BCUT2D eigenvalue weighted by Crippen LogP contribution is -2.42. The fourth-order valence-corrected chi connectivity index (χ4v) is 5.28. The average Bonchev–Trinajstić information content (AvgIpc) is 3.34. The van der Waals surface area contributed by atoms with Crippen molar-refractivity contribution in [2.45, 2.75) is 38.3 Å². The number of nitrogens with zero attached hydrogens (tertiary/aromatic N) is 1. The standard InChI is InChI=1S/C31H31Cl2N3O5/c1-2-28(38)34-18-22(37)14-16-40-23-8-3-19(4-9-23)30-29-25(26-17-21(33)7-12-27(26)35-29)13-15-36(30)31(39)41-24-10-5-20(32)6-11-24/h3-12,17,22,30,35,37H,2,13-16,18H2,1H3,(H,34,38)/t22?,30-/m0/s1. The second-order valence-corrected chi connectivity index (χ2v) is 10.8. The highest BCUT2D eigenvalue weighted by molar-refractivity contribution is 6.31. The average molecular weight is 597 g/mol. The number of fused-ring (bicyclic) bond motifs is 3. The zero-order valence-corrected chi connectivity index (χ0v) is 24.0. The molecule has 0 radical (unpaired) electrons. The van der Waals surface area contributed by atoms with Crippen LogP contribution in [0.25, 0.3) is 10.9 Å². The van der Waals surface area contributed by atoms with Gasteiger partial charge in [-0.3, -0.25) is 9.69 Å². The Kier molecular flexibility index (Phi) is 9.03. The zero-order valence-electron chi connectivity index (χ0n) is 22.5. The summed E-state index contributed by atoms with van der Waals surface area (Å²) >= 11 is 12.3. The molecule has 3 aromatic carbocycles. The number of aromatic amines is 1. The maximum absolute atomic E-state index is 13.5. The molecule has 0 saturated carbocycles. The first kappa shape index (κ1) is 28.8. The predicted molar refractivity (Wildman–Crippen MR) is 159 cm³/mol. The van der Waals surface area contributed by atoms with Crippen molar-refractivity contribution in [3.05, 3.63) is 93.6 Å². The number of carbonyl (C=O) groups is 2. The summed E-state index contributed by atoms with van der Waals surface area (Å²) in [4.78, 5) is 30.1. The fourth-order valence-electron chi connectivity index (χ4n) is 4.98. The highest BCUT2D eigenvalue weighted by atomic mass is 35.5. The van der Waals surface area contributed by atoms with Crippen molar-refractivity contribution < 1.29 is 24.2 Å². The number of aliphatic hydroxyl groups is 1. The van der Waals surface area contributed by atoms with E-state index in [-0.39, 0.29) is 12.5 Å². The van der Waals surface area contributed by atoms with Crippen molar-refractivity contribution in [1.29, 1.82) is 0 Å². The van der Waals surface area contributed by atoms with Gasteiger partial charge >= 0.3 is 6.09 Å². The minimum absolute atomic E-state index is 0.101. The summed E-state index contributed by atoms with van der Waals surface area (Å²) in [6, 6.07) is 19.5. The first-order valence-corrected chi connectivity index (χ1v) is 14.3. The molecule has 5 rings (SSSR count). The van der Waals surface area contributed by atoms with Gasteiger partial charge in [-0.25, -0.2) is 4.79 Å². The number of halogens is 2. The lowest BCUT2D eigenvalue weighted by molar-refractivity contribution is -0.121. The van der Waals surface area contributed by atoms with Gasteiger partial charge in [0, 0.05) is 52.6 Å². The Hall–Kier alpha value is -3.72. The molecular formula is C31H31Cl2N3O5. The molecular weight excluding hydrogens is 565 g/mol. The zero-order chi connectivity index (χ0) is 28.9. The fraction of sp³-hybridized carbons (Fsp3) is 0.290. The van der Waals surface area contributed by atoms with Crippen LogP contribution in [0.1, 0.15) is 42.6 Å². The lowest BCUT2D eigenvalue weighted by Gasteiger charge is -2.35. The van der Waals surface area contributed by atoms with Crippen molar-refractivity contribution in [2.75, 3.05) is 19.7 Å². The van der Waals surface area contributed by atoms with Crippen molar-refractivity contribution in [3.63, 3.8) is 0 Å². The van der Waals surface area contributed by atoms with Crippen LogP contribution in [0.15, 0.2) is 66.7 Å². The summed E-state index contributed by atoms with van der Waals surface area (Å²) in [5, 5.41) is 15.0. The molecule has 4 aromatic rings. The van der Waals surface area contributed by atoms with E-state index in [2.05, 4.69) is 10.3 Å². The second kappa shape index (κ2) is 12.9. The molecule has 3 N–H and O–H groups in total. The van der Waals surface area contributed by atoms with Crippen LogP contribution < -0.4 is 14.8 Å². The first-order chi connectivity index (χ1) is 19.8. The van der Waals surface area contributed by atoms with Gasteiger partial charge in [-0.05, 0) is 72.1 Å². The molecule has 2 amide bonds. The van der Waals surface area contributed by atoms with E-state index in [0.29, 0.717) is 54.0 Å². The van der Waals surface area contributed by atoms with Crippen LogP contribution in [0.5, 0.6) is 11.5 Å². The molecule has 2 heterocycles. The number of ether oxygens (including phenoxy) is 2. The Morgan fingerprint density at radius 1 is 1.05 bits per heavy atom. The van der Waals surface area contributed by atoms with E-state index >= 15 is 0 Å². The molecule has 2 atom stereocenters. The number of hydrogen-bond acceptors (Lipinski definition) is 5. The Labute approximate surface area is 248 Å². The molecule has 10 heteroatoms. The number of rotatable bonds is 9. The van der Waals surface area contributed by atoms with Crippen LogP contribution in [-0.4, -0.2) is 52.8 Å². The number of aliphatic hydroxyl groups excluding tert-OH is 1. The molecule has 1 aromatic heterocycles. The van der Waals surface area contributed by atoms with E-state index in [0.717, 1.165) is 27.7 Å². The van der Waals surface area contributed by atoms with E-state index in [1.165, 1.54) is 0 Å². The Balaban J connectivity index is 1.36. The molecule has 41 heavy (non-hydrogen) atoms. The maximum atomic E-state index is 13.5. The van der Waals surface area contributed by atoms with Gasteiger partial charge in [0.2, 0.25) is 5.91 Å². The van der Waals surface area contributed by atoms with Gasteiger partial charge in [0.1, 0.15) is 17.5 Å². The summed E-state index contributed by atoms with van der Waals surface area (Å²) < 4.78 is 11.6. The Bertz CT molecular complexity index is 1520. The number of nitrogens with one attached hydrogen (secondary N) is 2. The minimum Gasteiger partial charge on any atom is -0.493 e. The SMILES string of the molecule is CCC(=O)NCC(O)CCOc1ccc([C@H]2c3[nH]c4ccc(Cl)cc4c3CCN2C(=O)Oc2ccc(Cl)cc2)cc1.